The summed E-state index contributed by atoms with van der Waals surface area (Å²) in [6.07, 6.45) is -0.393. The van der Waals surface area contributed by atoms with Crippen LogP contribution in [0, 0.1) is 0 Å². The average molecular weight is 389 g/mol. The summed E-state index contributed by atoms with van der Waals surface area (Å²) in [6.45, 7) is 1.83. The minimum absolute atomic E-state index is 0.101. The molecule has 0 aliphatic rings. The Morgan fingerprint density at radius 3 is 2.37 bits per heavy atom. The Balaban J connectivity index is 1.65. The van der Waals surface area contributed by atoms with Crippen molar-refractivity contribution < 1.29 is 19.1 Å². The normalized spacial score (nSPS) is 11.3. The fourth-order valence-electron chi connectivity index (χ4n) is 2.21. The molecular formula is C20H21ClN2O4. The Morgan fingerprint density at radius 2 is 1.70 bits per heavy atom. The highest BCUT2D eigenvalue weighted by atomic mass is 35.5. The first-order valence-electron chi connectivity index (χ1n) is 8.55. The van der Waals surface area contributed by atoms with E-state index in [1.54, 1.807) is 48.5 Å². The molecule has 7 heteroatoms. The number of ether oxygens (including phenoxy) is 1. The van der Waals surface area contributed by atoms with Crippen LogP contribution in [0.1, 0.15) is 30.1 Å². The van der Waals surface area contributed by atoms with Crippen LogP contribution in [0.5, 0.6) is 0 Å². The second kappa shape index (κ2) is 10.3. The maximum absolute atomic E-state index is 12.0. The lowest BCUT2D eigenvalue weighted by atomic mass is 10.2. The van der Waals surface area contributed by atoms with Crippen LogP contribution in [0.15, 0.2) is 54.6 Å². The molecule has 0 aromatic heterocycles. The largest absolute Gasteiger partial charge is 0.453 e. The number of carbonyl (C=O) groups is 3. The minimum atomic E-state index is -0.902. The van der Waals surface area contributed by atoms with Gasteiger partial charge in [0.2, 0.25) is 0 Å². The number of nitrogens with one attached hydrogen (secondary N) is 2. The van der Waals surface area contributed by atoms with Crippen LogP contribution in [0.4, 0.5) is 5.69 Å². The molecule has 27 heavy (non-hydrogen) atoms. The summed E-state index contributed by atoms with van der Waals surface area (Å²) in [6, 6.07) is 15.4. The number of hydrogen-bond acceptors (Lipinski definition) is 4. The molecule has 0 heterocycles. The Labute approximate surface area is 162 Å². The first-order chi connectivity index (χ1) is 13.0. The van der Waals surface area contributed by atoms with Crippen molar-refractivity contribution in [3.63, 3.8) is 0 Å². The summed E-state index contributed by atoms with van der Waals surface area (Å²) in [7, 11) is 0. The molecule has 2 amide bonds. The van der Waals surface area contributed by atoms with Crippen molar-refractivity contribution in [3.05, 3.63) is 65.2 Å². The van der Waals surface area contributed by atoms with Gasteiger partial charge in [-0.25, -0.2) is 0 Å². The highest BCUT2D eigenvalue weighted by Gasteiger charge is 2.17. The van der Waals surface area contributed by atoms with Gasteiger partial charge < -0.3 is 15.4 Å². The maximum atomic E-state index is 12.0. The van der Waals surface area contributed by atoms with Crippen molar-refractivity contribution in [3.8, 4) is 0 Å². The number of amides is 2. The van der Waals surface area contributed by atoms with Crippen molar-refractivity contribution in [1.29, 1.82) is 0 Å². The lowest BCUT2D eigenvalue weighted by Crippen LogP contribution is -2.30. The van der Waals surface area contributed by atoms with E-state index in [1.165, 1.54) is 6.92 Å². The molecule has 0 spiro atoms. The Morgan fingerprint density at radius 1 is 1.04 bits per heavy atom. The Hall–Kier alpha value is -2.86. The predicted molar refractivity (Wildman–Crippen MR) is 104 cm³/mol. The van der Waals surface area contributed by atoms with Gasteiger partial charge in [-0.05, 0) is 49.7 Å². The third-order valence-corrected chi connectivity index (χ3v) is 3.92. The fourth-order valence-corrected chi connectivity index (χ4v) is 2.34. The molecule has 1 unspecified atom stereocenters. The standard InChI is InChI=1S/C20H21ClN2O4/c1-14(19(25)23-17-6-3-2-4-7-17)27-18(24)8-5-13-22-20(26)15-9-11-16(21)12-10-15/h2-4,6-7,9-12,14H,5,8,13H2,1H3,(H,22,26)(H,23,25). The number of rotatable bonds is 8. The average Bonchev–Trinajstić information content (AvgIpc) is 2.66. The van der Waals surface area contributed by atoms with Crippen LogP contribution in [0.2, 0.25) is 5.02 Å². The van der Waals surface area contributed by atoms with Gasteiger partial charge >= 0.3 is 5.97 Å². The highest BCUT2D eigenvalue weighted by molar-refractivity contribution is 6.30. The van der Waals surface area contributed by atoms with Gasteiger partial charge in [-0.1, -0.05) is 29.8 Å². The molecule has 6 nitrogen and oxygen atoms in total. The zero-order valence-electron chi connectivity index (χ0n) is 14.9. The van der Waals surface area contributed by atoms with Gasteiger partial charge in [0.25, 0.3) is 11.8 Å². The Kier molecular flexibility index (Phi) is 7.82. The van der Waals surface area contributed by atoms with E-state index in [0.29, 0.717) is 29.2 Å². The summed E-state index contributed by atoms with van der Waals surface area (Å²) in [4.78, 5) is 35.7. The monoisotopic (exact) mass is 388 g/mol. The highest BCUT2D eigenvalue weighted by Crippen LogP contribution is 2.09. The van der Waals surface area contributed by atoms with E-state index in [0.717, 1.165) is 0 Å². The third-order valence-electron chi connectivity index (χ3n) is 3.67. The molecule has 142 valence electrons. The number of halogens is 1. The van der Waals surface area contributed by atoms with E-state index in [2.05, 4.69) is 10.6 Å². The lowest BCUT2D eigenvalue weighted by Gasteiger charge is -2.13. The van der Waals surface area contributed by atoms with Gasteiger partial charge in [-0.15, -0.1) is 0 Å². The molecule has 0 fully saturated rings. The van der Waals surface area contributed by atoms with Crippen molar-refractivity contribution >= 4 is 35.1 Å². The second-order valence-corrected chi connectivity index (χ2v) is 6.29. The van der Waals surface area contributed by atoms with Gasteiger partial charge in [0.05, 0.1) is 0 Å². The van der Waals surface area contributed by atoms with Crippen molar-refractivity contribution in [2.24, 2.45) is 0 Å². The molecular weight excluding hydrogens is 368 g/mol. The number of anilines is 1. The molecule has 0 bridgehead atoms. The fraction of sp³-hybridized carbons (Fsp3) is 0.250. The number of hydrogen-bond donors (Lipinski definition) is 2. The van der Waals surface area contributed by atoms with E-state index in [1.807, 2.05) is 6.07 Å². The smallest absolute Gasteiger partial charge is 0.306 e. The van der Waals surface area contributed by atoms with Gasteiger partial charge in [-0.2, -0.15) is 0 Å². The van der Waals surface area contributed by atoms with Crippen LogP contribution in [-0.4, -0.2) is 30.4 Å². The van der Waals surface area contributed by atoms with Crippen molar-refractivity contribution in [2.75, 3.05) is 11.9 Å². The van der Waals surface area contributed by atoms with Crippen LogP contribution in [0.25, 0.3) is 0 Å². The van der Waals surface area contributed by atoms with E-state index in [4.69, 9.17) is 16.3 Å². The zero-order valence-corrected chi connectivity index (χ0v) is 15.7. The van der Waals surface area contributed by atoms with Crippen molar-refractivity contribution in [2.45, 2.75) is 25.9 Å². The third kappa shape index (κ3) is 7.11. The zero-order chi connectivity index (χ0) is 19.6. The van der Waals surface area contributed by atoms with Gasteiger partial charge in [0.1, 0.15) is 0 Å². The van der Waals surface area contributed by atoms with E-state index < -0.39 is 18.0 Å². The van der Waals surface area contributed by atoms with Crippen molar-refractivity contribution in [1.82, 2.24) is 5.32 Å². The molecule has 0 saturated heterocycles. The molecule has 1 atom stereocenters. The summed E-state index contributed by atoms with van der Waals surface area (Å²) in [5, 5.41) is 5.94. The minimum Gasteiger partial charge on any atom is -0.453 e. The molecule has 2 N–H and O–H groups in total. The van der Waals surface area contributed by atoms with Crippen LogP contribution < -0.4 is 10.6 Å². The van der Waals surface area contributed by atoms with Gasteiger partial charge in [0, 0.05) is 29.2 Å². The van der Waals surface area contributed by atoms with E-state index >= 15 is 0 Å². The molecule has 0 radical (unpaired) electrons. The summed E-state index contributed by atoms with van der Waals surface area (Å²) in [5.41, 5.74) is 1.13. The Bertz CT molecular complexity index is 778. The predicted octanol–water partition coefficient (Wildman–Crippen LogP) is 3.42. The van der Waals surface area contributed by atoms with E-state index in [9.17, 15) is 14.4 Å². The molecule has 0 aliphatic carbocycles. The SMILES string of the molecule is CC(OC(=O)CCCNC(=O)c1ccc(Cl)cc1)C(=O)Nc1ccccc1. The summed E-state index contributed by atoms with van der Waals surface area (Å²) in [5.74, 6) is -1.13. The van der Waals surface area contributed by atoms with Crippen LogP contribution >= 0.6 is 11.6 Å². The maximum Gasteiger partial charge on any atom is 0.306 e. The first kappa shape index (κ1) is 20.5. The second-order valence-electron chi connectivity index (χ2n) is 5.85. The van der Waals surface area contributed by atoms with E-state index in [-0.39, 0.29) is 12.3 Å². The number of para-hydroxylation sites is 1. The molecule has 0 saturated carbocycles. The summed E-state index contributed by atoms with van der Waals surface area (Å²) >= 11 is 5.78. The number of esters is 1. The van der Waals surface area contributed by atoms with Crippen LogP contribution in [-0.2, 0) is 14.3 Å². The quantitative estimate of drug-likeness (QED) is 0.536. The summed E-state index contributed by atoms with van der Waals surface area (Å²) < 4.78 is 5.11. The number of carbonyl (C=O) groups excluding carboxylic acids is 3. The molecule has 0 aliphatic heterocycles. The lowest BCUT2D eigenvalue weighted by molar-refractivity contribution is -0.153. The first-order valence-corrected chi connectivity index (χ1v) is 8.92. The number of benzene rings is 2. The van der Waals surface area contributed by atoms with Crippen LogP contribution in [0.3, 0.4) is 0 Å². The van der Waals surface area contributed by atoms with Gasteiger partial charge in [0.15, 0.2) is 6.10 Å². The molecule has 2 rings (SSSR count). The molecule has 2 aromatic carbocycles. The molecule has 2 aromatic rings. The van der Waals surface area contributed by atoms with Gasteiger partial charge in [-0.3, -0.25) is 14.4 Å². The topological polar surface area (TPSA) is 84.5 Å².